The lowest BCUT2D eigenvalue weighted by Gasteiger charge is -2.21. The van der Waals surface area contributed by atoms with E-state index in [-0.39, 0.29) is 10.7 Å². The first-order valence-electron chi connectivity index (χ1n) is 6.74. The fourth-order valence-electron chi connectivity index (χ4n) is 2.30. The first-order valence-corrected chi connectivity index (χ1v) is 8.26. The topological polar surface area (TPSA) is 29.1 Å². The number of benzene rings is 1. The summed E-state index contributed by atoms with van der Waals surface area (Å²) in [6.45, 7) is 2.04. The number of thioether (sulfide) groups is 1. The molecule has 0 radical (unpaired) electrons. The number of nitrogens with one attached hydrogen (secondary N) is 1. The predicted molar refractivity (Wildman–Crippen MR) is 84.2 cm³/mol. The van der Waals surface area contributed by atoms with Crippen molar-refractivity contribution in [2.45, 2.75) is 37.4 Å². The fraction of sp³-hybridized carbons (Fsp3) is 0.533. The van der Waals surface area contributed by atoms with Gasteiger partial charge in [0.1, 0.15) is 0 Å². The Kier molecular flexibility index (Phi) is 5.17. The van der Waals surface area contributed by atoms with Gasteiger partial charge < -0.3 is 5.32 Å². The molecule has 0 saturated carbocycles. The van der Waals surface area contributed by atoms with Gasteiger partial charge in [-0.25, -0.2) is 0 Å². The van der Waals surface area contributed by atoms with Gasteiger partial charge in [0.15, 0.2) is 0 Å². The van der Waals surface area contributed by atoms with Crippen molar-refractivity contribution in [2.24, 2.45) is 0 Å². The SMILES string of the molecule is CC1(C(=O)Nc2cccc(CCCCl)c2)CCCS1. The van der Waals surface area contributed by atoms with Crippen LogP contribution in [0.15, 0.2) is 24.3 Å². The normalized spacial score (nSPS) is 22.4. The Bertz CT molecular complexity index is 444. The maximum absolute atomic E-state index is 12.3. The molecule has 104 valence electrons. The van der Waals surface area contributed by atoms with E-state index in [0.717, 1.165) is 37.1 Å². The zero-order valence-electron chi connectivity index (χ0n) is 11.2. The standard InChI is InChI=1S/C15H20ClNOS/c1-15(8-4-10-19-15)14(18)17-13-7-2-5-12(11-13)6-3-9-16/h2,5,7,11H,3-4,6,8-10H2,1H3,(H,17,18). The number of amides is 1. The third-order valence-corrected chi connectivity index (χ3v) is 5.27. The van der Waals surface area contributed by atoms with Crippen LogP contribution in [0.1, 0.15) is 31.7 Å². The van der Waals surface area contributed by atoms with Crippen molar-refractivity contribution >= 4 is 35.0 Å². The second-order valence-electron chi connectivity index (χ2n) is 5.13. The maximum Gasteiger partial charge on any atom is 0.240 e. The smallest absolute Gasteiger partial charge is 0.240 e. The van der Waals surface area contributed by atoms with Crippen molar-refractivity contribution < 1.29 is 4.79 Å². The van der Waals surface area contributed by atoms with Gasteiger partial charge in [-0.3, -0.25) is 4.79 Å². The molecular formula is C15H20ClNOS. The summed E-state index contributed by atoms with van der Waals surface area (Å²) in [6.07, 6.45) is 4.02. The minimum Gasteiger partial charge on any atom is -0.325 e. The number of carbonyl (C=O) groups is 1. The van der Waals surface area contributed by atoms with Gasteiger partial charge in [-0.15, -0.1) is 23.4 Å². The van der Waals surface area contributed by atoms with Crippen molar-refractivity contribution in [3.8, 4) is 0 Å². The fourth-order valence-corrected chi connectivity index (χ4v) is 3.64. The van der Waals surface area contributed by atoms with Gasteiger partial charge in [-0.05, 0) is 56.1 Å². The third-order valence-electron chi connectivity index (χ3n) is 3.48. The van der Waals surface area contributed by atoms with Crippen LogP contribution in [0.5, 0.6) is 0 Å². The first-order chi connectivity index (χ1) is 9.14. The number of aryl methyl sites for hydroxylation is 1. The molecule has 0 aromatic heterocycles. The van der Waals surface area contributed by atoms with E-state index in [1.54, 1.807) is 11.8 Å². The molecule has 1 fully saturated rings. The van der Waals surface area contributed by atoms with Gasteiger partial charge in [0.25, 0.3) is 0 Å². The van der Waals surface area contributed by atoms with E-state index < -0.39 is 0 Å². The maximum atomic E-state index is 12.3. The molecule has 1 aliphatic rings. The molecule has 4 heteroatoms. The second kappa shape index (κ2) is 6.67. The average molecular weight is 298 g/mol. The summed E-state index contributed by atoms with van der Waals surface area (Å²) < 4.78 is -0.258. The van der Waals surface area contributed by atoms with E-state index in [9.17, 15) is 4.79 Å². The molecule has 1 unspecified atom stereocenters. The lowest BCUT2D eigenvalue weighted by atomic mass is 10.0. The third kappa shape index (κ3) is 3.90. The molecule has 2 nitrogen and oxygen atoms in total. The van der Waals surface area contributed by atoms with E-state index in [4.69, 9.17) is 11.6 Å². The summed E-state index contributed by atoms with van der Waals surface area (Å²) in [5, 5.41) is 3.05. The Morgan fingerprint density at radius 1 is 1.53 bits per heavy atom. The second-order valence-corrected chi connectivity index (χ2v) is 7.11. The molecule has 1 atom stereocenters. The van der Waals surface area contributed by atoms with Crippen LogP contribution in [0.2, 0.25) is 0 Å². The molecule has 0 bridgehead atoms. The summed E-state index contributed by atoms with van der Waals surface area (Å²) in [6, 6.07) is 8.07. The monoisotopic (exact) mass is 297 g/mol. The van der Waals surface area contributed by atoms with Crippen molar-refractivity contribution in [3.63, 3.8) is 0 Å². The molecule has 19 heavy (non-hydrogen) atoms. The van der Waals surface area contributed by atoms with Gasteiger partial charge >= 0.3 is 0 Å². The Hall–Kier alpha value is -0.670. The highest BCUT2D eigenvalue weighted by atomic mass is 35.5. The van der Waals surface area contributed by atoms with Crippen LogP contribution >= 0.6 is 23.4 Å². The molecule has 1 aromatic rings. The predicted octanol–water partition coefficient (Wildman–Crippen LogP) is 4.08. The Morgan fingerprint density at radius 2 is 2.37 bits per heavy atom. The van der Waals surface area contributed by atoms with Crippen molar-refractivity contribution in [3.05, 3.63) is 29.8 Å². The quantitative estimate of drug-likeness (QED) is 0.830. The summed E-state index contributed by atoms with van der Waals surface area (Å²) in [5.41, 5.74) is 2.12. The molecule has 2 rings (SSSR count). The van der Waals surface area contributed by atoms with Crippen molar-refractivity contribution in [1.82, 2.24) is 0 Å². The van der Waals surface area contributed by atoms with E-state index in [0.29, 0.717) is 5.88 Å². The first kappa shape index (κ1) is 14.7. The van der Waals surface area contributed by atoms with Crippen LogP contribution < -0.4 is 5.32 Å². The van der Waals surface area contributed by atoms with Crippen LogP contribution in [0.25, 0.3) is 0 Å². The van der Waals surface area contributed by atoms with Gasteiger partial charge in [0, 0.05) is 11.6 Å². The molecule has 1 saturated heterocycles. The molecule has 0 spiro atoms. The van der Waals surface area contributed by atoms with E-state index in [2.05, 4.69) is 11.4 Å². The Morgan fingerprint density at radius 3 is 3.05 bits per heavy atom. The molecule has 1 amide bonds. The molecule has 1 aliphatic heterocycles. The zero-order valence-corrected chi connectivity index (χ0v) is 12.8. The minimum atomic E-state index is -0.258. The number of hydrogen-bond acceptors (Lipinski definition) is 2. The van der Waals surface area contributed by atoms with E-state index in [1.165, 1.54) is 5.56 Å². The average Bonchev–Trinajstić information content (AvgIpc) is 2.85. The number of hydrogen-bond donors (Lipinski definition) is 1. The Balaban J connectivity index is 2.00. The molecule has 1 N–H and O–H groups in total. The minimum absolute atomic E-state index is 0.129. The number of alkyl halides is 1. The zero-order chi connectivity index (χ0) is 13.7. The van der Waals surface area contributed by atoms with E-state index in [1.807, 2.05) is 25.1 Å². The van der Waals surface area contributed by atoms with Gasteiger partial charge in [-0.1, -0.05) is 12.1 Å². The van der Waals surface area contributed by atoms with Crippen LogP contribution in [-0.4, -0.2) is 22.3 Å². The van der Waals surface area contributed by atoms with E-state index >= 15 is 0 Å². The van der Waals surface area contributed by atoms with Crippen molar-refractivity contribution in [1.29, 1.82) is 0 Å². The highest BCUT2D eigenvalue weighted by Gasteiger charge is 2.37. The van der Waals surface area contributed by atoms with Gasteiger partial charge in [0.05, 0.1) is 4.75 Å². The number of rotatable bonds is 5. The van der Waals surface area contributed by atoms with Crippen LogP contribution in [-0.2, 0) is 11.2 Å². The lowest BCUT2D eigenvalue weighted by Crippen LogP contribution is -2.34. The summed E-state index contributed by atoms with van der Waals surface area (Å²) in [7, 11) is 0. The highest BCUT2D eigenvalue weighted by Crippen LogP contribution is 2.38. The molecule has 0 aliphatic carbocycles. The Labute approximate surface area is 124 Å². The van der Waals surface area contributed by atoms with Crippen molar-refractivity contribution in [2.75, 3.05) is 16.9 Å². The molecule has 1 aromatic carbocycles. The molecule has 1 heterocycles. The number of halogens is 1. The number of carbonyl (C=O) groups excluding carboxylic acids is 1. The van der Waals surface area contributed by atoms with Crippen LogP contribution in [0.4, 0.5) is 5.69 Å². The summed E-state index contributed by atoms with van der Waals surface area (Å²) >= 11 is 7.47. The van der Waals surface area contributed by atoms with Gasteiger partial charge in [-0.2, -0.15) is 0 Å². The van der Waals surface area contributed by atoms with Gasteiger partial charge in [0.2, 0.25) is 5.91 Å². The highest BCUT2D eigenvalue weighted by molar-refractivity contribution is 8.01. The number of anilines is 1. The molecular weight excluding hydrogens is 278 g/mol. The van der Waals surface area contributed by atoms with Crippen LogP contribution in [0, 0.1) is 0 Å². The van der Waals surface area contributed by atoms with Crippen LogP contribution in [0.3, 0.4) is 0 Å². The summed E-state index contributed by atoms with van der Waals surface area (Å²) in [5.74, 6) is 1.88. The summed E-state index contributed by atoms with van der Waals surface area (Å²) in [4.78, 5) is 12.3. The lowest BCUT2D eigenvalue weighted by molar-refractivity contribution is -0.118. The largest absolute Gasteiger partial charge is 0.325 e.